The molecule has 94 valence electrons. The fraction of sp³-hybridized carbons (Fsp3) is 0.917. The average Bonchev–Trinajstić information content (AvgIpc) is 2.45. The second-order valence-corrected chi connectivity index (χ2v) is 6.19. The highest BCUT2D eigenvalue weighted by molar-refractivity contribution is 5.75. The van der Waals surface area contributed by atoms with Crippen LogP contribution in [0.15, 0.2) is 0 Å². The molecule has 0 aromatic rings. The number of rotatable bonds is 1. The average molecular weight is 228 g/mol. The molecule has 2 N–H and O–H groups in total. The predicted molar refractivity (Wildman–Crippen MR) is 64.3 cm³/mol. The fourth-order valence-corrected chi connectivity index (χ4v) is 2.14. The Labute approximate surface area is 98.0 Å². The zero-order valence-electron chi connectivity index (χ0n) is 11.0. The minimum Gasteiger partial charge on any atom is -0.388 e. The van der Waals surface area contributed by atoms with Gasteiger partial charge in [-0.2, -0.15) is 0 Å². The predicted octanol–water partition coefficient (Wildman–Crippen LogP) is 1.73. The van der Waals surface area contributed by atoms with Crippen LogP contribution in [0.25, 0.3) is 0 Å². The summed E-state index contributed by atoms with van der Waals surface area (Å²) in [4.78, 5) is 13.8. The molecule has 1 atom stereocenters. The van der Waals surface area contributed by atoms with Gasteiger partial charge in [-0.25, -0.2) is 4.79 Å². The molecular formula is C12H24N2O2. The molecule has 1 fully saturated rings. The molecule has 4 heteroatoms. The highest BCUT2D eigenvalue weighted by Crippen LogP contribution is 2.26. The lowest BCUT2D eigenvalue weighted by atomic mass is 9.97. The highest BCUT2D eigenvalue weighted by atomic mass is 16.3. The molecule has 0 aromatic heterocycles. The van der Waals surface area contributed by atoms with E-state index in [0.717, 1.165) is 19.4 Å². The summed E-state index contributed by atoms with van der Waals surface area (Å²) in [5.41, 5.74) is -1.06. The van der Waals surface area contributed by atoms with Gasteiger partial charge in [0.1, 0.15) is 0 Å². The zero-order chi connectivity index (χ0) is 12.6. The standard InChI is InChI=1S/C12H24N2O2/c1-11(2,3)13-10(15)14-8-6-7-9(14)12(4,5)16/h9,16H,6-8H2,1-5H3,(H,13,15). The maximum Gasteiger partial charge on any atom is 0.318 e. The lowest BCUT2D eigenvalue weighted by molar-refractivity contribution is 0.00903. The van der Waals surface area contributed by atoms with E-state index < -0.39 is 5.60 Å². The van der Waals surface area contributed by atoms with Crippen LogP contribution in [0.2, 0.25) is 0 Å². The summed E-state index contributed by atoms with van der Waals surface area (Å²) in [5, 5.41) is 13.0. The molecule has 1 aliphatic heterocycles. The van der Waals surface area contributed by atoms with Crippen molar-refractivity contribution in [1.29, 1.82) is 0 Å². The molecule has 0 aliphatic carbocycles. The molecule has 1 saturated heterocycles. The van der Waals surface area contributed by atoms with E-state index in [1.807, 2.05) is 20.8 Å². The number of nitrogens with one attached hydrogen (secondary N) is 1. The van der Waals surface area contributed by atoms with E-state index in [1.165, 1.54) is 0 Å². The van der Waals surface area contributed by atoms with Gasteiger partial charge in [0.25, 0.3) is 0 Å². The number of amides is 2. The smallest absolute Gasteiger partial charge is 0.318 e. The molecule has 1 unspecified atom stereocenters. The van der Waals surface area contributed by atoms with Crippen molar-refractivity contribution in [3.05, 3.63) is 0 Å². The van der Waals surface area contributed by atoms with Crippen molar-refractivity contribution < 1.29 is 9.90 Å². The van der Waals surface area contributed by atoms with Crippen LogP contribution in [0.5, 0.6) is 0 Å². The van der Waals surface area contributed by atoms with Gasteiger partial charge < -0.3 is 15.3 Å². The third kappa shape index (κ3) is 3.37. The van der Waals surface area contributed by atoms with Crippen molar-refractivity contribution in [1.82, 2.24) is 10.2 Å². The molecule has 0 bridgehead atoms. The molecule has 0 aromatic carbocycles. The van der Waals surface area contributed by atoms with E-state index >= 15 is 0 Å². The van der Waals surface area contributed by atoms with Crippen molar-refractivity contribution in [2.45, 2.75) is 64.6 Å². The number of nitrogens with zero attached hydrogens (tertiary/aromatic N) is 1. The Hall–Kier alpha value is -0.770. The summed E-state index contributed by atoms with van der Waals surface area (Å²) in [7, 11) is 0. The van der Waals surface area contributed by atoms with E-state index in [2.05, 4.69) is 5.32 Å². The summed E-state index contributed by atoms with van der Waals surface area (Å²) < 4.78 is 0. The Morgan fingerprint density at radius 1 is 1.31 bits per heavy atom. The Morgan fingerprint density at radius 3 is 2.31 bits per heavy atom. The quantitative estimate of drug-likeness (QED) is 0.718. The summed E-state index contributed by atoms with van der Waals surface area (Å²) in [6.45, 7) is 10.1. The SMILES string of the molecule is CC(C)(C)NC(=O)N1CCCC1C(C)(C)O. The zero-order valence-corrected chi connectivity index (χ0v) is 11.0. The number of urea groups is 1. The van der Waals surface area contributed by atoms with Crippen LogP contribution in [0.4, 0.5) is 4.79 Å². The first-order chi connectivity index (χ1) is 7.11. The molecule has 16 heavy (non-hydrogen) atoms. The molecule has 1 aliphatic rings. The summed E-state index contributed by atoms with van der Waals surface area (Å²) in [5.74, 6) is 0. The third-order valence-corrected chi connectivity index (χ3v) is 2.81. The highest BCUT2D eigenvalue weighted by Gasteiger charge is 2.39. The van der Waals surface area contributed by atoms with Gasteiger partial charge in [-0.3, -0.25) is 0 Å². The summed E-state index contributed by atoms with van der Waals surface area (Å²) in [6, 6.07) is -0.146. The van der Waals surface area contributed by atoms with Gasteiger partial charge in [-0.05, 0) is 47.5 Å². The monoisotopic (exact) mass is 228 g/mol. The number of hydrogen-bond acceptors (Lipinski definition) is 2. The minimum atomic E-state index is -0.828. The molecule has 2 amide bonds. The van der Waals surface area contributed by atoms with Crippen molar-refractivity contribution in [3.8, 4) is 0 Å². The van der Waals surface area contributed by atoms with Gasteiger partial charge >= 0.3 is 6.03 Å². The van der Waals surface area contributed by atoms with E-state index in [4.69, 9.17) is 0 Å². The summed E-state index contributed by atoms with van der Waals surface area (Å²) in [6.07, 6.45) is 1.84. The number of aliphatic hydroxyl groups is 1. The molecule has 0 saturated carbocycles. The lowest BCUT2D eigenvalue weighted by Gasteiger charge is -2.35. The molecule has 1 heterocycles. The van der Waals surface area contributed by atoms with Gasteiger partial charge in [-0.1, -0.05) is 0 Å². The second kappa shape index (κ2) is 4.24. The van der Waals surface area contributed by atoms with Crippen molar-refractivity contribution in [3.63, 3.8) is 0 Å². The Kier molecular flexibility index (Phi) is 3.53. The Balaban J connectivity index is 2.69. The first kappa shape index (κ1) is 13.3. The molecule has 0 spiro atoms. The van der Waals surface area contributed by atoms with Gasteiger partial charge in [0.05, 0.1) is 11.6 Å². The van der Waals surface area contributed by atoms with E-state index in [-0.39, 0.29) is 17.6 Å². The number of carbonyl (C=O) groups excluding carboxylic acids is 1. The summed E-state index contributed by atoms with van der Waals surface area (Å²) >= 11 is 0. The number of carbonyl (C=O) groups is 1. The number of hydrogen-bond donors (Lipinski definition) is 2. The van der Waals surface area contributed by atoms with Crippen LogP contribution in [0, 0.1) is 0 Å². The van der Waals surface area contributed by atoms with Crippen molar-refractivity contribution in [2.24, 2.45) is 0 Å². The molecule has 4 nitrogen and oxygen atoms in total. The fourth-order valence-electron chi connectivity index (χ4n) is 2.14. The lowest BCUT2D eigenvalue weighted by Crippen LogP contribution is -2.54. The Morgan fingerprint density at radius 2 is 1.88 bits per heavy atom. The van der Waals surface area contributed by atoms with Crippen LogP contribution in [-0.2, 0) is 0 Å². The van der Waals surface area contributed by atoms with Gasteiger partial charge in [0, 0.05) is 12.1 Å². The normalized spacial score (nSPS) is 22.4. The van der Waals surface area contributed by atoms with Crippen LogP contribution in [0.1, 0.15) is 47.5 Å². The third-order valence-electron chi connectivity index (χ3n) is 2.81. The maximum atomic E-state index is 12.0. The van der Waals surface area contributed by atoms with Crippen LogP contribution in [-0.4, -0.2) is 39.8 Å². The van der Waals surface area contributed by atoms with E-state index in [1.54, 1.807) is 18.7 Å². The van der Waals surface area contributed by atoms with Crippen LogP contribution in [0.3, 0.4) is 0 Å². The maximum absolute atomic E-state index is 12.0. The first-order valence-electron chi connectivity index (χ1n) is 5.92. The topological polar surface area (TPSA) is 52.6 Å². The van der Waals surface area contributed by atoms with E-state index in [9.17, 15) is 9.90 Å². The molecule has 0 radical (unpaired) electrons. The van der Waals surface area contributed by atoms with Crippen molar-refractivity contribution >= 4 is 6.03 Å². The largest absolute Gasteiger partial charge is 0.388 e. The van der Waals surface area contributed by atoms with Gasteiger partial charge in [-0.15, -0.1) is 0 Å². The Bertz CT molecular complexity index is 263. The minimum absolute atomic E-state index is 0.0721. The van der Waals surface area contributed by atoms with Crippen molar-refractivity contribution in [2.75, 3.05) is 6.54 Å². The number of likely N-dealkylation sites (tertiary alicyclic amines) is 1. The van der Waals surface area contributed by atoms with Gasteiger partial charge in [0.15, 0.2) is 0 Å². The first-order valence-corrected chi connectivity index (χ1v) is 5.92. The van der Waals surface area contributed by atoms with Crippen LogP contribution < -0.4 is 5.32 Å². The molecular weight excluding hydrogens is 204 g/mol. The van der Waals surface area contributed by atoms with Gasteiger partial charge in [0.2, 0.25) is 0 Å². The molecule has 1 rings (SSSR count). The van der Waals surface area contributed by atoms with Crippen LogP contribution >= 0.6 is 0 Å². The van der Waals surface area contributed by atoms with E-state index in [0.29, 0.717) is 0 Å². The second-order valence-electron chi connectivity index (χ2n) is 6.19.